The average molecular weight is 682 g/mol. The molecule has 1 saturated heterocycles. The first-order valence-electron chi connectivity index (χ1n) is 21.7. The van der Waals surface area contributed by atoms with Crippen molar-refractivity contribution < 1.29 is 9.47 Å². The molecule has 3 nitrogen and oxygen atoms in total. The second-order valence-electron chi connectivity index (χ2n) is 15.8. The highest BCUT2D eigenvalue weighted by molar-refractivity contribution is 4.94. The van der Waals surface area contributed by atoms with Crippen LogP contribution in [0, 0.1) is 5.92 Å². The van der Waals surface area contributed by atoms with E-state index in [0.717, 1.165) is 31.6 Å². The third-order valence-corrected chi connectivity index (χ3v) is 10.7. The van der Waals surface area contributed by atoms with E-state index in [1.54, 1.807) is 0 Å². The molecule has 1 saturated carbocycles. The van der Waals surface area contributed by atoms with Gasteiger partial charge in [-0.2, -0.15) is 0 Å². The average Bonchev–Trinajstić information content (AvgIpc) is 3.45. The van der Waals surface area contributed by atoms with Crippen LogP contribution >= 0.6 is 0 Å². The van der Waals surface area contributed by atoms with Crippen LogP contribution in [-0.4, -0.2) is 43.5 Å². The summed E-state index contributed by atoms with van der Waals surface area (Å²) in [6.45, 7) is 5.73. The van der Waals surface area contributed by atoms with Gasteiger partial charge in [0.2, 0.25) is 0 Å². The molecule has 1 unspecified atom stereocenters. The number of hydrogen-bond acceptors (Lipinski definition) is 3. The Balaban J connectivity index is 1.61. The summed E-state index contributed by atoms with van der Waals surface area (Å²) in [5.74, 6) is 0.433. The lowest BCUT2D eigenvalue weighted by Gasteiger charge is -2.31. The third kappa shape index (κ3) is 23.1. The molecule has 2 rings (SSSR count). The lowest BCUT2D eigenvalue weighted by Crippen LogP contribution is -2.35. The van der Waals surface area contributed by atoms with E-state index < -0.39 is 0 Å². The van der Waals surface area contributed by atoms with Crippen molar-refractivity contribution in [2.45, 2.75) is 218 Å². The molecule has 2 fully saturated rings. The number of rotatable bonds is 32. The van der Waals surface area contributed by atoms with Gasteiger partial charge in [-0.05, 0) is 116 Å². The number of hydrogen-bond donors (Lipinski definition) is 0. The topological polar surface area (TPSA) is 21.7 Å². The minimum atomic E-state index is -0.316. The van der Waals surface area contributed by atoms with Crippen molar-refractivity contribution >= 4 is 0 Å². The van der Waals surface area contributed by atoms with E-state index in [0.29, 0.717) is 12.2 Å². The van der Waals surface area contributed by atoms with Crippen molar-refractivity contribution in [2.24, 2.45) is 5.92 Å². The molecule has 0 aromatic heterocycles. The Bertz CT molecular complexity index is 859. The summed E-state index contributed by atoms with van der Waals surface area (Å²) in [7, 11) is 4.41. The zero-order valence-electron chi connectivity index (χ0n) is 33.3. The molecule has 4 atom stereocenters. The number of unbranched alkanes of at least 4 members (excludes halogenated alkanes) is 18. The fourth-order valence-electron chi connectivity index (χ4n) is 7.83. The quantitative estimate of drug-likeness (QED) is 0.0521. The molecule has 284 valence electrons. The molecular weight excluding hydrogens is 599 g/mol. The minimum Gasteiger partial charge on any atom is -0.344 e. The molecule has 1 aliphatic carbocycles. The van der Waals surface area contributed by atoms with E-state index in [1.165, 1.54) is 167 Å². The van der Waals surface area contributed by atoms with E-state index in [4.69, 9.17) is 9.47 Å². The predicted molar refractivity (Wildman–Crippen MR) is 216 cm³/mol. The summed E-state index contributed by atoms with van der Waals surface area (Å²) >= 11 is 0. The normalized spacial score (nSPS) is 23.0. The van der Waals surface area contributed by atoms with Gasteiger partial charge in [0.1, 0.15) is 0 Å². The second-order valence-corrected chi connectivity index (χ2v) is 15.8. The Kier molecular flexibility index (Phi) is 27.4. The first-order chi connectivity index (χ1) is 24.1. The SMILES string of the molecule is CCCCC/C=C\C/C=C\CCCCCCCCC1(CCCCCCC/C=C\C/C=C\CCCCCC)O[C@H]2CC[C@H](CN(C)C)C[C@H]2O1. The Morgan fingerprint density at radius 2 is 0.898 bits per heavy atom. The number of ether oxygens (including phenoxy) is 2. The lowest BCUT2D eigenvalue weighted by atomic mass is 9.85. The maximum absolute atomic E-state index is 6.95. The largest absolute Gasteiger partial charge is 0.344 e. The van der Waals surface area contributed by atoms with Gasteiger partial charge in [0.25, 0.3) is 0 Å². The van der Waals surface area contributed by atoms with E-state index >= 15 is 0 Å². The van der Waals surface area contributed by atoms with Crippen LogP contribution in [0.15, 0.2) is 48.6 Å². The van der Waals surface area contributed by atoms with Gasteiger partial charge in [0.05, 0.1) is 12.2 Å². The van der Waals surface area contributed by atoms with Gasteiger partial charge in [-0.25, -0.2) is 0 Å². The van der Waals surface area contributed by atoms with Crippen molar-refractivity contribution in [1.29, 1.82) is 0 Å². The van der Waals surface area contributed by atoms with Crippen molar-refractivity contribution in [1.82, 2.24) is 4.90 Å². The summed E-state index contributed by atoms with van der Waals surface area (Å²) in [5.41, 5.74) is 0. The summed E-state index contributed by atoms with van der Waals surface area (Å²) < 4.78 is 13.8. The van der Waals surface area contributed by atoms with Crippen LogP contribution in [0.2, 0.25) is 0 Å². The molecule has 0 N–H and O–H groups in total. The summed E-state index contributed by atoms with van der Waals surface area (Å²) in [5, 5.41) is 0. The van der Waals surface area contributed by atoms with Crippen molar-refractivity contribution in [3.05, 3.63) is 48.6 Å². The first kappa shape index (κ1) is 44.0. The highest BCUT2D eigenvalue weighted by Gasteiger charge is 2.48. The smallest absolute Gasteiger partial charge is 0.169 e. The molecular formula is C46H83NO2. The molecule has 0 bridgehead atoms. The Labute approximate surface area is 306 Å². The Morgan fingerprint density at radius 3 is 1.39 bits per heavy atom. The van der Waals surface area contributed by atoms with E-state index in [1.807, 2.05) is 0 Å². The Morgan fingerprint density at radius 1 is 0.490 bits per heavy atom. The van der Waals surface area contributed by atoms with Gasteiger partial charge in [-0.1, -0.05) is 140 Å². The fraction of sp³-hybridized carbons (Fsp3) is 0.826. The molecule has 2 aliphatic rings. The molecule has 1 aliphatic heterocycles. The van der Waals surface area contributed by atoms with E-state index in [9.17, 15) is 0 Å². The van der Waals surface area contributed by atoms with Crippen LogP contribution in [0.1, 0.15) is 200 Å². The van der Waals surface area contributed by atoms with Crippen molar-refractivity contribution in [3.63, 3.8) is 0 Å². The minimum absolute atomic E-state index is 0.311. The lowest BCUT2D eigenvalue weighted by molar-refractivity contribution is -0.186. The van der Waals surface area contributed by atoms with Crippen LogP contribution < -0.4 is 0 Å². The predicted octanol–water partition coefficient (Wildman–Crippen LogP) is 14.2. The fourth-order valence-corrected chi connectivity index (χ4v) is 7.83. The summed E-state index contributed by atoms with van der Waals surface area (Å²) in [6.07, 6.45) is 56.5. The molecule has 0 aromatic rings. The standard InChI is InChI=1S/C46H83NO2/c1-5-7-9-11-13-15-17-19-21-23-25-27-29-31-33-35-39-46(48-44-38-37-43(42-47(3)4)41-45(44)49-46)40-36-34-32-30-28-26-24-22-20-18-16-14-12-10-8-6-2/h13,15-16,18-19,21-22,24,43-45H,5-12,14,17,20,23,25-42H2,1-4H3/b15-13-,18-16-,21-19-,24-22-/t43-,44-,45+,46?/m0/s1. The zero-order valence-corrected chi connectivity index (χ0v) is 33.3. The van der Waals surface area contributed by atoms with Crippen LogP contribution in [0.4, 0.5) is 0 Å². The van der Waals surface area contributed by atoms with E-state index in [-0.39, 0.29) is 5.79 Å². The molecule has 3 heteroatoms. The van der Waals surface area contributed by atoms with Crippen LogP contribution in [0.5, 0.6) is 0 Å². The van der Waals surface area contributed by atoms with Crippen LogP contribution in [-0.2, 0) is 9.47 Å². The van der Waals surface area contributed by atoms with Gasteiger partial charge in [0, 0.05) is 19.4 Å². The van der Waals surface area contributed by atoms with Crippen LogP contribution in [0.3, 0.4) is 0 Å². The molecule has 0 aromatic carbocycles. The molecule has 49 heavy (non-hydrogen) atoms. The summed E-state index contributed by atoms with van der Waals surface area (Å²) in [6, 6.07) is 0. The number of nitrogens with zero attached hydrogens (tertiary/aromatic N) is 1. The third-order valence-electron chi connectivity index (χ3n) is 10.7. The number of fused-ring (bicyclic) bond motifs is 1. The zero-order chi connectivity index (χ0) is 35.1. The second kappa shape index (κ2) is 30.5. The maximum Gasteiger partial charge on any atom is 0.169 e. The van der Waals surface area contributed by atoms with Gasteiger partial charge in [0.15, 0.2) is 5.79 Å². The molecule has 0 radical (unpaired) electrons. The molecule has 0 amide bonds. The number of allylic oxidation sites excluding steroid dienone is 8. The monoisotopic (exact) mass is 682 g/mol. The first-order valence-corrected chi connectivity index (χ1v) is 21.7. The molecule has 0 spiro atoms. The van der Waals surface area contributed by atoms with E-state index in [2.05, 4.69) is 81.5 Å². The maximum atomic E-state index is 6.95. The van der Waals surface area contributed by atoms with Crippen molar-refractivity contribution in [3.8, 4) is 0 Å². The highest BCUT2D eigenvalue weighted by atomic mass is 16.8. The summed E-state index contributed by atoms with van der Waals surface area (Å²) in [4.78, 5) is 2.35. The van der Waals surface area contributed by atoms with Gasteiger partial charge >= 0.3 is 0 Å². The van der Waals surface area contributed by atoms with Crippen molar-refractivity contribution in [2.75, 3.05) is 20.6 Å². The van der Waals surface area contributed by atoms with Crippen LogP contribution in [0.25, 0.3) is 0 Å². The van der Waals surface area contributed by atoms with Gasteiger partial charge in [-0.15, -0.1) is 0 Å². The molecule has 1 heterocycles. The van der Waals surface area contributed by atoms with Gasteiger partial charge in [-0.3, -0.25) is 0 Å². The highest BCUT2D eigenvalue weighted by Crippen LogP contribution is 2.44. The Hall–Kier alpha value is -1.16. The van der Waals surface area contributed by atoms with Gasteiger partial charge < -0.3 is 14.4 Å².